The first-order valence-corrected chi connectivity index (χ1v) is 8.47. The smallest absolute Gasteiger partial charge is 0.181 e. The Morgan fingerprint density at radius 1 is 1.30 bits per heavy atom. The Labute approximate surface area is 134 Å². The molecule has 5 heteroatoms. The van der Waals surface area contributed by atoms with Gasteiger partial charge in [-0.05, 0) is 25.1 Å². The number of carbonyl (C=O) groups is 1. The Morgan fingerprint density at radius 2 is 1.90 bits per heavy atom. The molecule has 0 aliphatic carbocycles. The van der Waals surface area contributed by atoms with Gasteiger partial charge in [0.2, 0.25) is 0 Å². The maximum atomic E-state index is 12.6. The van der Waals surface area contributed by atoms with Crippen molar-refractivity contribution >= 4 is 40.7 Å². The van der Waals surface area contributed by atoms with Gasteiger partial charge in [-0.3, -0.25) is 9.69 Å². The van der Waals surface area contributed by atoms with Gasteiger partial charge >= 0.3 is 0 Å². The third-order valence-corrected chi connectivity index (χ3v) is 5.35. The van der Waals surface area contributed by atoms with Crippen LogP contribution in [0.4, 0.5) is 0 Å². The highest BCUT2D eigenvalue weighted by molar-refractivity contribution is 8.00. The molecule has 2 nitrogen and oxygen atoms in total. The number of halogens is 2. The number of thioether (sulfide) groups is 1. The first-order chi connectivity index (χ1) is 9.38. The molecule has 1 aromatic carbocycles. The Morgan fingerprint density at radius 3 is 2.45 bits per heavy atom. The molecule has 0 saturated carbocycles. The molecule has 2 rings (SSSR count). The van der Waals surface area contributed by atoms with Gasteiger partial charge in [-0.15, -0.1) is 0 Å². The Hall–Kier alpha value is -0.220. The van der Waals surface area contributed by atoms with Gasteiger partial charge in [0.25, 0.3) is 0 Å². The minimum absolute atomic E-state index is 0.0676. The first kappa shape index (κ1) is 16.2. The highest BCUT2D eigenvalue weighted by Crippen LogP contribution is 2.28. The van der Waals surface area contributed by atoms with Crippen molar-refractivity contribution in [2.45, 2.75) is 37.3 Å². The predicted molar refractivity (Wildman–Crippen MR) is 88.3 cm³/mol. The van der Waals surface area contributed by atoms with Crippen molar-refractivity contribution in [2.24, 2.45) is 0 Å². The number of Topliss-reactive ketones (excluding diaryl/α,β-unsaturated/α-hetero) is 1. The van der Waals surface area contributed by atoms with Crippen LogP contribution < -0.4 is 0 Å². The van der Waals surface area contributed by atoms with Gasteiger partial charge in [0.1, 0.15) is 0 Å². The second-order valence-electron chi connectivity index (χ2n) is 5.38. The molecule has 3 unspecified atom stereocenters. The normalized spacial score (nSPS) is 25.4. The van der Waals surface area contributed by atoms with E-state index in [9.17, 15) is 4.79 Å². The molecule has 0 amide bonds. The van der Waals surface area contributed by atoms with E-state index in [4.69, 9.17) is 23.2 Å². The Kier molecular flexibility index (Phi) is 5.41. The number of carbonyl (C=O) groups excluding carboxylic acids is 1. The minimum atomic E-state index is -0.153. The van der Waals surface area contributed by atoms with Crippen LogP contribution in [0.15, 0.2) is 18.2 Å². The number of hydrogen-bond acceptors (Lipinski definition) is 3. The van der Waals surface area contributed by atoms with Gasteiger partial charge in [-0.25, -0.2) is 0 Å². The molecule has 1 heterocycles. The van der Waals surface area contributed by atoms with Crippen molar-refractivity contribution in [2.75, 3.05) is 13.1 Å². The molecule has 20 heavy (non-hydrogen) atoms. The molecule has 1 aromatic rings. The van der Waals surface area contributed by atoms with E-state index in [0.717, 1.165) is 13.1 Å². The topological polar surface area (TPSA) is 20.3 Å². The fourth-order valence-electron chi connectivity index (χ4n) is 2.61. The summed E-state index contributed by atoms with van der Waals surface area (Å²) in [6.45, 7) is 8.25. The Balaban J connectivity index is 2.15. The standard InChI is InChI=1S/C15H19Cl2NOS/c1-9-7-18(8-10(2)20-9)11(3)15(19)13-5-4-12(16)6-14(13)17/h4-6,9-11H,7-8H2,1-3H3. The lowest BCUT2D eigenvalue weighted by Crippen LogP contribution is -2.48. The molecule has 0 N–H and O–H groups in total. The molecule has 1 fully saturated rings. The summed E-state index contributed by atoms with van der Waals surface area (Å²) in [5.41, 5.74) is 0.557. The summed E-state index contributed by atoms with van der Waals surface area (Å²) in [5, 5.41) is 2.09. The first-order valence-electron chi connectivity index (χ1n) is 6.77. The molecule has 0 spiro atoms. The van der Waals surface area contributed by atoms with Crippen molar-refractivity contribution in [1.82, 2.24) is 4.90 Å². The van der Waals surface area contributed by atoms with Crippen LogP contribution in [0.5, 0.6) is 0 Å². The number of rotatable bonds is 3. The largest absolute Gasteiger partial charge is 0.292 e. The summed E-state index contributed by atoms with van der Waals surface area (Å²) in [5.74, 6) is 0.0676. The monoisotopic (exact) mass is 331 g/mol. The number of nitrogens with zero attached hydrogens (tertiary/aromatic N) is 1. The summed E-state index contributed by atoms with van der Waals surface area (Å²) in [6.07, 6.45) is 0. The van der Waals surface area contributed by atoms with Gasteiger partial charge < -0.3 is 0 Å². The SMILES string of the molecule is CC1CN(C(C)C(=O)c2ccc(Cl)cc2Cl)CC(C)S1. The van der Waals surface area contributed by atoms with Crippen LogP contribution >= 0.6 is 35.0 Å². The van der Waals surface area contributed by atoms with Gasteiger partial charge in [0.05, 0.1) is 11.1 Å². The fourth-order valence-corrected chi connectivity index (χ4v) is 4.46. The van der Waals surface area contributed by atoms with E-state index in [2.05, 4.69) is 18.7 Å². The van der Waals surface area contributed by atoms with Crippen LogP contribution in [0.3, 0.4) is 0 Å². The summed E-state index contributed by atoms with van der Waals surface area (Å²) < 4.78 is 0. The molecule has 110 valence electrons. The van der Waals surface area contributed by atoms with E-state index in [0.29, 0.717) is 26.1 Å². The molecule has 1 aliphatic heterocycles. The van der Waals surface area contributed by atoms with Crippen molar-refractivity contribution in [3.8, 4) is 0 Å². The third-order valence-electron chi connectivity index (χ3n) is 3.57. The van der Waals surface area contributed by atoms with E-state index in [1.165, 1.54) is 0 Å². The highest BCUT2D eigenvalue weighted by Gasteiger charge is 2.30. The number of hydrogen-bond donors (Lipinski definition) is 0. The van der Waals surface area contributed by atoms with Crippen molar-refractivity contribution in [3.63, 3.8) is 0 Å². The molecule has 0 radical (unpaired) electrons. The zero-order valence-electron chi connectivity index (χ0n) is 11.9. The maximum Gasteiger partial charge on any atom is 0.181 e. The minimum Gasteiger partial charge on any atom is -0.292 e. The second-order valence-corrected chi connectivity index (χ2v) is 8.10. The van der Waals surface area contributed by atoms with E-state index in [1.54, 1.807) is 18.2 Å². The van der Waals surface area contributed by atoms with Gasteiger partial charge in [0, 0.05) is 34.2 Å². The molecule has 0 bridgehead atoms. The summed E-state index contributed by atoms with van der Waals surface area (Å²) in [4.78, 5) is 14.9. The molecule has 3 atom stereocenters. The molecular formula is C15H19Cl2NOS. The van der Waals surface area contributed by atoms with E-state index < -0.39 is 0 Å². The Bertz CT molecular complexity index is 499. The lowest BCUT2D eigenvalue weighted by Gasteiger charge is -2.37. The average molecular weight is 332 g/mol. The van der Waals surface area contributed by atoms with Gasteiger partial charge in [0.15, 0.2) is 5.78 Å². The highest BCUT2D eigenvalue weighted by atomic mass is 35.5. The van der Waals surface area contributed by atoms with E-state index >= 15 is 0 Å². The lowest BCUT2D eigenvalue weighted by atomic mass is 10.0. The van der Waals surface area contributed by atoms with Crippen LogP contribution in [-0.4, -0.2) is 40.3 Å². The van der Waals surface area contributed by atoms with Gasteiger partial charge in [-0.1, -0.05) is 37.0 Å². The van der Waals surface area contributed by atoms with Crippen LogP contribution in [0.2, 0.25) is 10.0 Å². The van der Waals surface area contributed by atoms with E-state index in [1.807, 2.05) is 18.7 Å². The predicted octanol–water partition coefficient (Wildman–Crippen LogP) is 4.39. The number of ketones is 1. The molecule has 1 saturated heterocycles. The van der Waals surface area contributed by atoms with Gasteiger partial charge in [-0.2, -0.15) is 11.8 Å². The molecule has 0 aromatic heterocycles. The third kappa shape index (κ3) is 3.70. The lowest BCUT2D eigenvalue weighted by molar-refractivity contribution is 0.0836. The average Bonchev–Trinajstić information content (AvgIpc) is 2.36. The van der Waals surface area contributed by atoms with Crippen LogP contribution in [0, 0.1) is 0 Å². The quantitative estimate of drug-likeness (QED) is 0.766. The second kappa shape index (κ2) is 6.69. The molecule has 1 aliphatic rings. The van der Waals surface area contributed by atoms with Crippen LogP contribution in [0.1, 0.15) is 31.1 Å². The fraction of sp³-hybridized carbons (Fsp3) is 0.533. The summed E-state index contributed by atoms with van der Waals surface area (Å²) in [6, 6.07) is 4.90. The van der Waals surface area contributed by atoms with Crippen molar-refractivity contribution in [3.05, 3.63) is 33.8 Å². The van der Waals surface area contributed by atoms with Crippen molar-refractivity contribution < 1.29 is 4.79 Å². The maximum absolute atomic E-state index is 12.6. The number of benzene rings is 1. The van der Waals surface area contributed by atoms with E-state index in [-0.39, 0.29) is 11.8 Å². The zero-order chi connectivity index (χ0) is 14.9. The van der Waals surface area contributed by atoms with Crippen molar-refractivity contribution in [1.29, 1.82) is 0 Å². The zero-order valence-corrected chi connectivity index (χ0v) is 14.2. The molecular weight excluding hydrogens is 313 g/mol. The summed E-state index contributed by atoms with van der Waals surface area (Å²) >= 11 is 14.0. The summed E-state index contributed by atoms with van der Waals surface area (Å²) in [7, 11) is 0. The van der Waals surface area contributed by atoms with Crippen LogP contribution in [0.25, 0.3) is 0 Å². The van der Waals surface area contributed by atoms with Crippen LogP contribution in [-0.2, 0) is 0 Å².